The summed E-state index contributed by atoms with van der Waals surface area (Å²) in [7, 11) is 0. The summed E-state index contributed by atoms with van der Waals surface area (Å²) >= 11 is 3.23. The van der Waals surface area contributed by atoms with Gasteiger partial charge in [0.05, 0.1) is 28.5 Å². The highest BCUT2D eigenvalue weighted by Crippen LogP contribution is 2.24. The van der Waals surface area contributed by atoms with Gasteiger partial charge in [-0.1, -0.05) is 11.3 Å². The maximum atomic E-state index is 12.6. The molecule has 3 rings (SSSR count). The number of nitrogens with zero attached hydrogens (tertiary/aromatic N) is 3. The van der Waals surface area contributed by atoms with Crippen LogP contribution in [0.3, 0.4) is 0 Å². The van der Waals surface area contributed by atoms with Gasteiger partial charge in [0, 0.05) is 17.9 Å². The van der Waals surface area contributed by atoms with E-state index >= 15 is 0 Å². The quantitative estimate of drug-likeness (QED) is 0.629. The van der Waals surface area contributed by atoms with E-state index in [2.05, 4.69) is 21.9 Å². The zero-order chi connectivity index (χ0) is 19.2. The summed E-state index contributed by atoms with van der Waals surface area (Å²) in [4.78, 5) is 17.6. The Kier molecular flexibility index (Phi) is 6.32. The molecule has 138 valence electrons. The molecular weight excluding hydrogens is 378 g/mol. The smallest absolute Gasteiger partial charge is 0.279 e. The summed E-state index contributed by atoms with van der Waals surface area (Å²) in [6.07, 6.45) is 2.06. The van der Waals surface area contributed by atoms with E-state index in [-0.39, 0.29) is 5.91 Å². The van der Waals surface area contributed by atoms with Crippen LogP contribution in [0.15, 0.2) is 47.5 Å². The van der Waals surface area contributed by atoms with Crippen LogP contribution in [0.25, 0.3) is 10.2 Å². The molecular formula is C20H19N3O2S2. The molecule has 0 N–H and O–H groups in total. The van der Waals surface area contributed by atoms with Gasteiger partial charge in [-0.05, 0) is 55.6 Å². The first-order chi connectivity index (χ1) is 13.2. The number of hydrogen-bond acceptors (Lipinski definition) is 5. The lowest BCUT2D eigenvalue weighted by atomic mass is 10.1. The van der Waals surface area contributed by atoms with Crippen LogP contribution in [0.4, 0.5) is 0 Å². The molecule has 0 unspecified atom stereocenters. The number of benzene rings is 2. The van der Waals surface area contributed by atoms with E-state index in [0.717, 1.165) is 28.3 Å². The number of thiazole rings is 1. The number of rotatable bonds is 6. The van der Waals surface area contributed by atoms with Gasteiger partial charge in [0.25, 0.3) is 5.91 Å². The molecule has 0 bridgehead atoms. The van der Waals surface area contributed by atoms with Crippen molar-refractivity contribution in [3.05, 3.63) is 58.4 Å². The van der Waals surface area contributed by atoms with Gasteiger partial charge >= 0.3 is 0 Å². The average Bonchev–Trinajstić information content (AvgIpc) is 3.02. The van der Waals surface area contributed by atoms with Gasteiger partial charge in [0.2, 0.25) is 0 Å². The largest absolute Gasteiger partial charge is 0.494 e. The molecule has 1 heterocycles. The number of hydrogen-bond donors (Lipinski definition) is 0. The van der Waals surface area contributed by atoms with Gasteiger partial charge in [-0.25, -0.2) is 0 Å². The van der Waals surface area contributed by atoms with E-state index in [1.165, 1.54) is 11.3 Å². The van der Waals surface area contributed by atoms with Crippen LogP contribution in [0.1, 0.15) is 22.8 Å². The Hall–Kier alpha value is -2.56. The maximum Gasteiger partial charge on any atom is 0.279 e. The van der Waals surface area contributed by atoms with Crippen LogP contribution < -0.4 is 9.54 Å². The van der Waals surface area contributed by atoms with E-state index in [9.17, 15) is 4.79 Å². The van der Waals surface area contributed by atoms with Crippen LogP contribution in [-0.2, 0) is 6.54 Å². The van der Waals surface area contributed by atoms with Crippen LogP contribution >= 0.6 is 23.1 Å². The minimum atomic E-state index is -0.311. The first kappa shape index (κ1) is 19.2. The summed E-state index contributed by atoms with van der Waals surface area (Å²) < 4.78 is 8.70. The van der Waals surface area contributed by atoms with Crippen molar-refractivity contribution in [1.29, 1.82) is 5.26 Å². The summed E-state index contributed by atoms with van der Waals surface area (Å²) in [5.74, 6) is 1.43. The number of ether oxygens (including phenoxy) is 1. The Morgan fingerprint density at radius 3 is 2.74 bits per heavy atom. The number of carbonyl (C=O) groups excluding carboxylic acids is 1. The monoisotopic (exact) mass is 397 g/mol. The summed E-state index contributed by atoms with van der Waals surface area (Å²) in [5, 5.41) is 8.89. The molecule has 0 aliphatic heterocycles. The summed E-state index contributed by atoms with van der Waals surface area (Å²) in [5.41, 5.74) is 2.04. The normalized spacial score (nSPS) is 11.5. The number of aromatic nitrogens is 1. The molecule has 0 radical (unpaired) electrons. The number of thioether (sulfide) groups is 1. The Bertz CT molecular complexity index is 1060. The SMILES string of the molecule is CCOc1ccc2c(c1)sc(=NC(=O)c1ccc(C#N)cc1)n2CCSC. The predicted octanol–water partition coefficient (Wildman–Crippen LogP) is 4.08. The molecule has 1 amide bonds. The van der Waals surface area contributed by atoms with E-state index < -0.39 is 0 Å². The van der Waals surface area contributed by atoms with Crippen molar-refractivity contribution in [2.24, 2.45) is 4.99 Å². The fraction of sp³-hybridized carbons (Fsp3) is 0.250. The minimum absolute atomic E-state index is 0.311. The van der Waals surface area contributed by atoms with Crippen molar-refractivity contribution in [2.45, 2.75) is 13.5 Å². The van der Waals surface area contributed by atoms with Crippen molar-refractivity contribution in [1.82, 2.24) is 4.57 Å². The minimum Gasteiger partial charge on any atom is -0.494 e. The highest BCUT2D eigenvalue weighted by atomic mass is 32.2. The molecule has 0 fully saturated rings. The third-order valence-corrected chi connectivity index (χ3v) is 5.57. The van der Waals surface area contributed by atoms with Crippen LogP contribution in [0, 0.1) is 11.3 Å². The topological polar surface area (TPSA) is 67.4 Å². The van der Waals surface area contributed by atoms with Gasteiger partial charge in [-0.3, -0.25) is 4.79 Å². The second-order valence-electron chi connectivity index (χ2n) is 5.70. The van der Waals surface area contributed by atoms with Crippen LogP contribution in [0.2, 0.25) is 0 Å². The van der Waals surface area contributed by atoms with Crippen molar-refractivity contribution >= 4 is 39.2 Å². The number of amides is 1. The van der Waals surface area contributed by atoms with Gasteiger partial charge in [0.15, 0.2) is 4.80 Å². The van der Waals surface area contributed by atoms with Crippen LogP contribution in [-0.4, -0.2) is 29.1 Å². The van der Waals surface area contributed by atoms with Crippen molar-refractivity contribution in [2.75, 3.05) is 18.6 Å². The van der Waals surface area contributed by atoms with E-state index in [4.69, 9.17) is 10.00 Å². The van der Waals surface area contributed by atoms with Gasteiger partial charge in [-0.15, -0.1) is 0 Å². The average molecular weight is 398 g/mol. The highest BCUT2D eigenvalue weighted by molar-refractivity contribution is 7.98. The molecule has 0 saturated heterocycles. The van der Waals surface area contributed by atoms with Crippen molar-refractivity contribution in [3.8, 4) is 11.8 Å². The number of aryl methyl sites for hydroxylation is 1. The lowest BCUT2D eigenvalue weighted by molar-refractivity contribution is 0.0998. The van der Waals surface area contributed by atoms with Gasteiger partial charge in [0.1, 0.15) is 5.75 Å². The number of carbonyl (C=O) groups is 1. The van der Waals surface area contributed by atoms with E-state index in [0.29, 0.717) is 22.5 Å². The Morgan fingerprint density at radius 1 is 1.30 bits per heavy atom. The van der Waals surface area contributed by atoms with Gasteiger partial charge in [-0.2, -0.15) is 22.0 Å². The van der Waals surface area contributed by atoms with Gasteiger partial charge < -0.3 is 9.30 Å². The Balaban J connectivity index is 2.05. The first-order valence-corrected chi connectivity index (χ1v) is 10.7. The fourth-order valence-electron chi connectivity index (χ4n) is 2.63. The molecule has 1 aromatic heterocycles. The molecule has 3 aromatic rings. The molecule has 0 aliphatic carbocycles. The fourth-order valence-corrected chi connectivity index (χ4v) is 4.08. The lowest BCUT2D eigenvalue weighted by Crippen LogP contribution is -2.18. The zero-order valence-electron chi connectivity index (χ0n) is 15.1. The molecule has 2 aromatic carbocycles. The van der Waals surface area contributed by atoms with Crippen molar-refractivity contribution < 1.29 is 9.53 Å². The molecule has 0 saturated carbocycles. The van der Waals surface area contributed by atoms with Crippen molar-refractivity contribution in [3.63, 3.8) is 0 Å². The second kappa shape index (κ2) is 8.89. The summed E-state index contributed by atoms with van der Waals surface area (Å²) in [6, 6.07) is 14.5. The molecule has 5 nitrogen and oxygen atoms in total. The highest BCUT2D eigenvalue weighted by Gasteiger charge is 2.10. The predicted molar refractivity (Wildman–Crippen MR) is 110 cm³/mol. The Labute approximate surface area is 165 Å². The standard InChI is InChI=1S/C20H19N3O2S2/c1-3-25-16-8-9-17-18(12-16)27-20(23(17)10-11-26-2)22-19(24)15-6-4-14(13-21)5-7-15/h4-9,12H,3,10-11H2,1-2H3. The molecule has 7 heteroatoms. The molecule has 27 heavy (non-hydrogen) atoms. The molecule has 0 spiro atoms. The number of nitriles is 1. The number of fused-ring (bicyclic) bond motifs is 1. The third kappa shape index (κ3) is 4.41. The summed E-state index contributed by atoms with van der Waals surface area (Å²) in [6.45, 7) is 3.33. The van der Waals surface area contributed by atoms with Crippen LogP contribution in [0.5, 0.6) is 5.75 Å². The second-order valence-corrected chi connectivity index (χ2v) is 7.69. The zero-order valence-corrected chi connectivity index (χ0v) is 16.8. The van der Waals surface area contributed by atoms with E-state index in [1.807, 2.05) is 25.1 Å². The first-order valence-electron chi connectivity index (χ1n) is 8.50. The lowest BCUT2D eigenvalue weighted by Gasteiger charge is -2.05. The maximum absolute atomic E-state index is 12.6. The molecule has 0 aliphatic rings. The molecule has 0 atom stereocenters. The third-order valence-electron chi connectivity index (χ3n) is 3.94. The van der Waals surface area contributed by atoms with E-state index in [1.54, 1.807) is 36.0 Å². The Morgan fingerprint density at radius 2 is 2.07 bits per heavy atom.